The maximum absolute atomic E-state index is 13.5. The van der Waals surface area contributed by atoms with Crippen LogP contribution in [0.3, 0.4) is 0 Å². The number of rotatable bonds is 5. The average Bonchev–Trinajstić information content (AvgIpc) is 3.55. The molecule has 0 N–H and O–H groups in total. The lowest BCUT2D eigenvalue weighted by atomic mass is 10.2. The third-order valence-electron chi connectivity index (χ3n) is 5.77. The first kappa shape index (κ1) is 21.8. The molecule has 0 aliphatic carbocycles. The van der Waals surface area contributed by atoms with E-state index in [0.29, 0.717) is 43.3 Å². The van der Waals surface area contributed by atoms with E-state index < -0.39 is 4.92 Å². The summed E-state index contributed by atoms with van der Waals surface area (Å²) < 4.78 is 15.0. The standard InChI is InChI=1S/C24H20FN5O3S/c25-17-3-5-19(6-4-17)29-22(16-21(26-29)23-2-1-15-34-23)24(31)28-13-11-27(12-14-28)18-7-9-20(10-8-18)30(32)33/h1-10,15-16H,11-14H2. The summed E-state index contributed by atoms with van der Waals surface area (Å²) in [6.45, 7) is 2.20. The Morgan fingerprint density at radius 3 is 2.26 bits per heavy atom. The molecular formula is C24H20FN5O3S. The normalized spacial score (nSPS) is 13.8. The molecule has 1 fully saturated rings. The molecule has 0 unspecified atom stereocenters. The van der Waals surface area contributed by atoms with Gasteiger partial charge in [-0.15, -0.1) is 11.3 Å². The van der Waals surface area contributed by atoms with Crippen molar-refractivity contribution < 1.29 is 14.1 Å². The molecule has 0 radical (unpaired) electrons. The largest absolute Gasteiger partial charge is 0.368 e. The third kappa shape index (κ3) is 4.27. The molecular weight excluding hydrogens is 457 g/mol. The van der Waals surface area contributed by atoms with Crippen molar-refractivity contribution in [3.8, 4) is 16.3 Å². The Labute approximate surface area is 198 Å². The fourth-order valence-electron chi connectivity index (χ4n) is 3.97. The van der Waals surface area contributed by atoms with Gasteiger partial charge in [0.15, 0.2) is 0 Å². The number of carbonyl (C=O) groups is 1. The monoisotopic (exact) mass is 477 g/mol. The van der Waals surface area contributed by atoms with E-state index in [0.717, 1.165) is 10.6 Å². The molecule has 0 bridgehead atoms. The predicted octanol–water partition coefficient (Wildman–Crippen LogP) is 4.61. The Morgan fingerprint density at radius 1 is 0.971 bits per heavy atom. The molecule has 1 saturated heterocycles. The molecule has 1 amide bonds. The number of nitrogens with zero attached hydrogens (tertiary/aromatic N) is 5. The van der Waals surface area contributed by atoms with Crippen molar-refractivity contribution in [3.63, 3.8) is 0 Å². The minimum atomic E-state index is -0.422. The molecule has 0 atom stereocenters. The van der Waals surface area contributed by atoms with Crippen LogP contribution in [-0.4, -0.2) is 51.7 Å². The van der Waals surface area contributed by atoms with Crippen molar-refractivity contribution in [2.45, 2.75) is 0 Å². The van der Waals surface area contributed by atoms with Crippen molar-refractivity contribution in [1.82, 2.24) is 14.7 Å². The lowest BCUT2D eigenvalue weighted by Gasteiger charge is -2.36. The van der Waals surface area contributed by atoms with Crippen LogP contribution < -0.4 is 4.90 Å². The second-order valence-corrected chi connectivity index (χ2v) is 8.78. The third-order valence-corrected chi connectivity index (χ3v) is 6.66. The number of halogens is 1. The van der Waals surface area contributed by atoms with Gasteiger partial charge in [0.2, 0.25) is 0 Å². The zero-order valence-corrected chi connectivity index (χ0v) is 18.8. The highest BCUT2D eigenvalue weighted by Gasteiger charge is 2.27. The molecule has 10 heteroatoms. The minimum Gasteiger partial charge on any atom is -0.368 e. The van der Waals surface area contributed by atoms with Gasteiger partial charge in [0.05, 0.1) is 15.5 Å². The van der Waals surface area contributed by atoms with Gasteiger partial charge in [-0.3, -0.25) is 14.9 Å². The summed E-state index contributed by atoms with van der Waals surface area (Å²) in [5.41, 5.74) is 2.64. The maximum atomic E-state index is 13.5. The zero-order valence-electron chi connectivity index (χ0n) is 18.0. The molecule has 5 rings (SSSR count). The summed E-state index contributed by atoms with van der Waals surface area (Å²) in [7, 11) is 0. The number of thiophene rings is 1. The number of benzene rings is 2. The van der Waals surface area contributed by atoms with Gasteiger partial charge < -0.3 is 9.80 Å². The first-order chi connectivity index (χ1) is 16.5. The quantitative estimate of drug-likeness (QED) is 0.310. The molecule has 2 aromatic heterocycles. The van der Waals surface area contributed by atoms with Gasteiger partial charge >= 0.3 is 0 Å². The highest BCUT2D eigenvalue weighted by Crippen LogP contribution is 2.27. The van der Waals surface area contributed by atoms with Gasteiger partial charge in [0.25, 0.3) is 11.6 Å². The summed E-state index contributed by atoms with van der Waals surface area (Å²) in [6.07, 6.45) is 0. The van der Waals surface area contributed by atoms with E-state index >= 15 is 0 Å². The van der Waals surface area contributed by atoms with Gasteiger partial charge in [0, 0.05) is 44.0 Å². The van der Waals surface area contributed by atoms with Gasteiger partial charge in [-0.25, -0.2) is 9.07 Å². The second kappa shape index (κ2) is 9.06. The van der Waals surface area contributed by atoms with E-state index in [-0.39, 0.29) is 17.4 Å². The van der Waals surface area contributed by atoms with Crippen molar-refractivity contribution in [3.05, 3.63) is 93.7 Å². The number of amides is 1. The lowest BCUT2D eigenvalue weighted by Crippen LogP contribution is -2.49. The van der Waals surface area contributed by atoms with Gasteiger partial charge in [-0.1, -0.05) is 6.07 Å². The molecule has 8 nitrogen and oxygen atoms in total. The Morgan fingerprint density at radius 2 is 1.65 bits per heavy atom. The van der Waals surface area contributed by atoms with Crippen molar-refractivity contribution >= 4 is 28.6 Å². The number of anilines is 1. The maximum Gasteiger partial charge on any atom is 0.272 e. The zero-order chi connectivity index (χ0) is 23.7. The number of aromatic nitrogens is 2. The highest BCUT2D eigenvalue weighted by atomic mass is 32.1. The smallest absolute Gasteiger partial charge is 0.272 e. The predicted molar refractivity (Wildman–Crippen MR) is 128 cm³/mol. The lowest BCUT2D eigenvalue weighted by molar-refractivity contribution is -0.384. The summed E-state index contributed by atoms with van der Waals surface area (Å²) in [4.78, 5) is 28.8. The average molecular weight is 478 g/mol. The van der Waals surface area contributed by atoms with Crippen LogP contribution in [0.15, 0.2) is 72.1 Å². The van der Waals surface area contributed by atoms with Crippen molar-refractivity contribution in [1.29, 1.82) is 0 Å². The van der Waals surface area contributed by atoms with Crippen molar-refractivity contribution in [2.24, 2.45) is 0 Å². The number of non-ortho nitro benzene ring substituents is 1. The SMILES string of the molecule is O=C(c1cc(-c2cccs2)nn1-c1ccc(F)cc1)N1CCN(c2ccc([N+](=O)[O-])cc2)CC1. The molecule has 1 aliphatic heterocycles. The topological polar surface area (TPSA) is 84.5 Å². The van der Waals surface area contributed by atoms with E-state index in [1.807, 2.05) is 17.5 Å². The molecule has 172 valence electrons. The molecule has 4 aromatic rings. The summed E-state index contributed by atoms with van der Waals surface area (Å²) >= 11 is 1.53. The Kier molecular flexibility index (Phi) is 5.81. The van der Waals surface area contributed by atoms with E-state index in [4.69, 9.17) is 0 Å². The number of piperazine rings is 1. The molecule has 0 saturated carbocycles. The van der Waals surface area contributed by atoms with Crippen LogP contribution in [0, 0.1) is 15.9 Å². The van der Waals surface area contributed by atoms with Crippen LogP contribution in [0.1, 0.15) is 10.5 Å². The first-order valence-electron chi connectivity index (χ1n) is 10.7. The Balaban J connectivity index is 1.37. The molecule has 0 spiro atoms. The summed E-state index contributed by atoms with van der Waals surface area (Å²) in [5.74, 6) is -0.507. The number of hydrogen-bond acceptors (Lipinski definition) is 6. The molecule has 2 aromatic carbocycles. The van der Waals surface area contributed by atoms with Gasteiger partial charge in [-0.2, -0.15) is 5.10 Å². The molecule has 1 aliphatic rings. The van der Waals surface area contributed by atoms with Crippen LogP contribution in [0.4, 0.5) is 15.8 Å². The van der Waals surface area contributed by atoms with Crippen LogP contribution in [-0.2, 0) is 0 Å². The second-order valence-electron chi connectivity index (χ2n) is 7.83. The Hall–Kier alpha value is -4.05. The fraction of sp³-hybridized carbons (Fsp3) is 0.167. The van der Waals surface area contributed by atoms with Crippen LogP contribution in [0.5, 0.6) is 0 Å². The number of carbonyl (C=O) groups excluding carboxylic acids is 1. The first-order valence-corrected chi connectivity index (χ1v) is 11.6. The fourth-order valence-corrected chi connectivity index (χ4v) is 4.65. The number of hydrogen-bond donors (Lipinski definition) is 0. The highest BCUT2D eigenvalue weighted by molar-refractivity contribution is 7.13. The van der Waals surface area contributed by atoms with Gasteiger partial charge in [-0.05, 0) is 53.9 Å². The van der Waals surface area contributed by atoms with E-state index in [2.05, 4.69) is 10.00 Å². The summed E-state index contributed by atoms with van der Waals surface area (Å²) in [5, 5.41) is 17.5. The minimum absolute atomic E-state index is 0.0492. The summed E-state index contributed by atoms with van der Waals surface area (Å²) in [6, 6.07) is 18.0. The van der Waals surface area contributed by atoms with Crippen LogP contribution in [0.25, 0.3) is 16.3 Å². The van der Waals surface area contributed by atoms with Gasteiger partial charge in [0.1, 0.15) is 17.2 Å². The molecule has 34 heavy (non-hydrogen) atoms. The van der Waals surface area contributed by atoms with E-state index in [1.165, 1.54) is 35.6 Å². The van der Waals surface area contributed by atoms with Crippen LogP contribution in [0.2, 0.25) is 0 Å². The Bertz CT molecular complexity index is 1310. The van der Waals surface area contributed by atoms with Crippen LogP contribution >= 0.6 is 11.3 Å². The number of nitro benzene ring substituents is 1. The van der Waals surface area contributed by atoms with E-state index in [1.54, 1.807) is 39.9 Å². The number of nitro groups is 1. The molecule has 3 heterocycles. The van der Waals surface area contributed by atoms with E-state index in [9.17, 15) is 19.3 Å². The van der Waals surface area contributed by atoms with Crippen molar-refractivity contribution in [2.75, 3.05) is 31.1 Å².